The van der Waals surface area contributed by atoms with Gasteiger partial charge in [0.2, 0.25) is 5.91 Å². The Morgan fingerprint density at radius 3 is 2.35 bits per heavy atom. The Kier molecular flexibility index (Phi) is 3.40. The molecule has 2 unspecified atom stereocenters. The normalized spacial score (nSPS) is 33.8. The van der Waals surface area contributed by atoms with E-state index in [-0.39, 0.29) is 17.7 Å². The molecule has 2 aliphatic rings. The van der Waals surface area contributed by atoms with Gasteiger partial charge >= 0.3 is 5.97 Å². The molecular weight excluding hydrogens is 218 g/mol. The summed E-state index contributed by atoms with van der Waals surface area (Å²) in [5.74, 6) is -0.831. The van der Waals surface area contributed by atoms with Crippen LogP contribution in [0.2, 0.25) is 0 Å². The predicted molar refractivity (Wildman–Crippen MR) is 63.5 cm³/mol. The van der Waals surface area contributed by atoms with E-state index in [0.29, 0.717) is 6.42 Å². The molecule has 0 bridgehead atoms. The first-order valence-corrected chi connectivity index (χ1v) is 6.61. The largest absolute Gasteiger partial charge is 0.479 e. The maximum absolute atomic E-state index is 12.0. The van der Waals surface area contributed by atoms with E-state index >= 15 is 0 Å². The van der Waals surface area contributed by atoms with Gasteiger partial charge in [-0.05, 0) is 31.6 Å². The second-order valence-corrected chi connectivity index (χ2v) is 5.54. The maximum Gasteiger partial charge on any atom is 0.329 e. The van der Waals surface area contributed by atoms with Crippen LogP contribution in [0.15, 0.2) is 0 Å². The summed E-state index contributed by atoms with van der Waals surface area (Å²) in [5.41, 5.74) is -1.01. The maximum atomic E-state index is 12.0. The van der Waals surface area contributed by atoms with Crippen molar-refractivity contribution in [3.8, 4) is 0 Å². The molecule has 2 fully saturated rings. The van der Waals surface area contributed by atoms with E-state index in [1.54, 1.807) is 0 Å². The molecule has 1 amide bonds. The zero-order valence-corrected chi connectivity index (χ0v) is 10.4. The predicted octanol–water partition coefficient (Wildman–Crippen LogP) is 1.94. The summed E-state index contributed by atoms with van der Waals surface area (Å²) in [6.45, 7) is 1.94. The van der Waals surface area contributed by atoms with Gasteiger partial charge in [0.25, 0.3) is 0 Å². The van der Waals surface area contributed by atoms with Crippen LogP contribution in [0.25, 0.3) is 0 Å². The van der Waals surface area contributed by atoms with Crippen LogP contribution in [0.1, 0.15) is 51.9 Å². The molecule has 4 nitrogen and oxygen atoms in total. The lowest BCUT2D eigenvalue weighted by atomic mass is 9.72. The van der Waals surface area contributed by atoms with E-state index in [1.165, 1.54) is 0 Å². The highest BCUT2D eigenvalue weighted by Gasteiger charge is 2.47. The number of carbonyl (C=O) groups is 2. The Balaban J connectivity index is 2.10. The van der Waals surface area contributed by atoms with Gasteiger partial charge in [0.1, 0.15) is 5.54 Å². The van der Waals surface area contributed by atoms with Crippen molar-refractivity contribution < 1.29 is 14.7 Å². The molecule has 2 aliphatic carbocycles. The highest BCUT2D eigenvalue weighted by Crippen LogP contribution is 2.35. The van der Waals surface area contributed by atoms with Gasteiger partial charge in [-0.2, -0.15) is 0 Å². The number of hydrogen-bond acceptors (Lipinski definition) is 2. The lowest BCUT2D eigenvalue weighted by Crippen LogP contribution is -2.61. The second-order valence-electron chi connectivity index (χ2n) is 5.54. The van der Waals surface area contributed by atoms with E-state index in [2.05, 4.69) is 5.32 Å². The van der Waals surface area contributed by atoms with Gasteiger partial charge in [-0.3, -0.25) is 4.79 Å². The average molecular weight is 239 g/mol. The molecule has 2 N–H and O–H groups in total. The lowest BCUT2D eigenvalue weighted by Gasteiger charge is -2.41. The van der Waals surface area contributed by atoms with E-state index in [1.807, 2.05) is 6.92 Å². The molecule has 0 aromatic carbocycles. The third-order valence-corrected chi connectivity index (χ3v) is 4.50. The van der Waals surface area contributed by atoms with Crippen LogP contribution in [0.4, 0.5) is 0 Å². The van der Waals surface area contributed by atoms with Crippen LogP contribution in [0, 0.1) is 11.8 Å². The van der Waals surface area contributed by atoms with Gasteiger partial charge in [0, 0.05) is 5.92 Å². The molecular formula is C13H21NO3. The minimum Gasteiger partial charge on any atom is -0.479 e. The smallest absolute Gasteiger partial charge is 0.329 e. The Labute approximate surface area is 102 Å². The van der Waals surface area contributed by atoms with Crippen molar-refractivity contribution in [1.82, 2.24) is 5.32 Å². The third kappa shape index (κ3) is 2.17. The van der Waals surface area contributed by atoms with Gasteiger partial charge in [-0.1, -0.05) is 26.2 Å². The van der Waals surface area contributed by atoms with Gasteiger partial charge in [0.15, 0.2) is 0 Å². The fourth-order valence-corrected chi connectivity index (χ4v) is 2.90. The van der Waals surface area contributed by atoms with Gasteiger partial charge in [-0.25, -0.2) is 4.79 Å². The van der Waals surface area contributed by atoms with Crippen molar-refractivity contribution in [3.05, 3.63) is 0 Å². The second kappa shape index (κ2) is 4.67. The number of rotatable bonds is 3. The molecule has 96 valence electrons. The Morgan fingerprint density at radius 2 is 1.88 bits per heavy atom. The molecule has 17 heavy (non-hydrogen) atoms. The minimum absolute atomic E-state index is 0.0257. The molecule has 2 atom stereocenters. The van der Waals surface area contributed by atoms with Crippen LogP contribution in [0.3, 0.4) is 0 Å². The SMILES string of the molecule is CC1CCCCC1(NC(=O)C1CCC1)C(=O)O. The fraction of sp³-hybridized carbons (Fsp3) is 0.846. The molecule has 0 radical (unpaired) electrons. The molecule has 0 aromatic rings. The quantitative estimate of drug-likeness (QED) is 0.791. The summed E-state index contributed by atoms with van der Waals surface area (Å²) in [7, 11) is 0. The Hall–Kier alpha value is -1.06. The van der Waals surface area contributed by atoms with Gasteiger partial charge in [-0.15, -0.1) is 0 Å². The third-order valence-electron chi connectivity index (χ3n) is 4.50. The number of aliphatic carboxylic acids is 1. The summed E-state index contributed by atoms with van der Waals surface area (Å²) in [4.78, 5) is 23.5. The number of carbonyl (C=O) groups excluding carboxylic acids is 1. The van der Waals surface area contributed by atoms with Crippen molar-refractivity contribution >= 4 is 11.9 Å². The summed E-state index contributed by atoms with van der Waals surface area (Å²) in [5, 5.41) is 12.3. The monoisotopic (exact) mass is 239 g/mol. The molecule has 0 saturated heterocycles. The van der Waals surface area contributed by atoms with E-state index < -0.39 is 11.5 Å². The average Bonchev–Trinajstić information content (AvgIpc) is 2.18. The van der Waals surface area contributed by atoms with Crippen molar-refractivity contribution in [3.63, 3.8) is 0 Å². The topological polar surface area (TPSA) is 66.4 Å². The fourth-order valence-electron chi connectivity index (χ4n) is 2.90. The zero-order valence-electron chi connectivity index (χ0n) is 10.4. The molecule has 0 aliphatic heterocycles. The summed E-state index contributed by atoms with van der Waals surface area (Å²) in [6, 6.07) is 0. The highest BCUT2D eigenvalue weighted by molar-refractivity contribution is 5.88. The van der Waals surface area contributed by atoms with Gasteiger partial charge < -0.3 is 10.4 Å². The van der Waals surface area contributed by atoms with E-state index in [9.17, 15) is 14.7 Å². The van der Waals surface area contributed by atoms with Gasteiger partial charge in [0.05, 0.1) is 0 Å². The lowest BCUT2D eigenvalue weighted by molar-refractivity contribution is -0.153. The van der Waals surface area contributed by atoms with Crippen molar-refractivity contribution in [2.24, 2.45) is 11.8 Å². The molecule has 2 saturated carbocycles. The molecule has 2 rings (SSSR count). The summed E-state index contributed by atoms with van der Waals surface area (Å²) < 4.78 is 0. The number of amides is 1. The summed E-state index contributed by atoms with van der Waals surface area (Å²) >= 11 is 0. The molecule has 0 heterocycles. The first-order valence-electron chi connectivity index (χ1n) is 6.61. The van der Waals surface area contributed by atoms with Crippen molar-refractivity contribution in [2.75, 3.05) is 0 Å². The van der Waals surface area contributed by atoms with Crippen molar-refractivity contribution in [2.45, 2.75) is 57.4 Å². The first kappa shape index (κ1) is 12.4. The highest BCUT2D eigenvalue weighted by atomic mass is 16.4. The van der Waals surface area contributed by atoms with Crippen LogP contribution >= 0.6 is 0 Å². The zero-order chi connectivity index (χ0) is 12.5. The molecule has 0 aromatic heterocycles. The first-order chi connectivity index (χ1) is 8.06. The van der Waals surface area contributed by atoms with Crippen LogP contribution < -0.4 is 5.32 Å². The number of nitrogens with one attached hydrogen (secondary N) is 1. The molecule has 0 spiro atoms. The van der Waals surface area contributed by atoms with Crippen LogP contribution in [0.5, 0.6) is 0 Å². The minimum atomic E-state index is -1.01. The van der Waals surface area contributed by atoms with E-state index in [0.717, 1.165) is 38.5 Å². The Bertz CT molecular complexity index is 325. The number of carboxylic acids is 1. The number of hydrogen-bond donors (Lipinski definition) is 2. The van der Waals surface area contributed by atoms with E-state index in [4.69, 9.17) is 0 Å². The standard InChI is InChI=1S/C13H21NO3/c1-9-5-2-3-8-13(9,12(16)17)14-11(15)10-6-4-7-10/h9-10H,2-8H2,1H3,(H,14,15)(H,16,17). The molecule has 4 heteroatoms. The van der Waals surface area contributed by atoms with Crippen LogP contribution in [-0.2, 0) is 9.59 Å². The summed E-state index contributed by atoms with van der Waals surface area (Å²) in [6.07, 6.45) is 6.33. The van der Waals surface area contributed by atoms with Crippen molar-refractivity contribution in [1.29, 1.82) is 0 Å². The van der Waals surface area contributed by atoms with Crippen LogP contribution in [-0.4, -0.2) is 22.5 Å². The number of carboxylic acid groups (broad SMARTS) is 1. The Morgan fingerprint density at radius 1 is 1.18 bits per heavy atom.